The zero-order valence-corrected chi connectivity index (χ0v) is 13.3. The summed E-state index contributed by atoms with van der Waals surface area (Å²) in [5.74, 6) is 1.04. The molecule has 1 aliphatic rings. The van der Waals surface area contributed by atoms with Gasteiger partial charge in [0.25, 0.3) is 0 Å². The number of hydrogen-bond donors (Lipinski definition) is 1. The molecule has 0 aliphatic heterocycles. The Bertz CT molecular complexity index is 213. The minimum Gasteiger partial charge on any atom is -0.383 e. The van der Waals surface area contributed by atoms with Crippen LogP contribution >= 0.6 is 12.6 Å². The van der Waals surface area contributed by atoms with Gasteiger partial charge in [0.2, 0.25) is 0 Å². The maximum atomic E-state index is 5.28. The number of thiol groups is 1. The highest BCUT2D eigenvalue weighted by molar-refractivity contribution is 7.80. The minimum absolute atomic E-state index is 0.472. The van der Waals surface area contributed by atoms with Gasteiger partial charge in [0.1, 0.15) is 0 Å². The first-order chi connectivity index (χ1) is 8.71. The predicted molar refractivity (Wildman–Crippen MR) is 82.6 cm³/mol. The maximum absolute atomic E-state index is 5.28. The van der Waals surface area contributed by atoms with Crippen molar-refractivity contribution in [3.05, 3.63) is 0 Å². The highest BCUT2D eigenvalue weighted by Gasteiger charge is 2.35. The van der Waals surface area contributed by atoms with E-state index >= 15 is 0 Å². The van der Waals surface area contributed by atoms with Gasteiger partial charge in [-0.15, -0.1) is 0 Å². The Hall–Kier alpha value is 0.270. The normalized spacial score (nSPS) is 19.0. The van der Waals surface area contributed by atoms with Gasteiger partial charge in [-0.3, -0.25) is 4.90 Å². The number of rotatable bonds is 9. The van der Waals surface area contributed by atoms with E-state index in [9.17, 15) is 0 Å². The van der Waals surface area contributed by atoms with Gasteiger partial charge in [0.15, 0.2) is 0 Å². The van der Waals surface area contributed by atoms with Crippen LogP contribution in [0.2, 0.25) is 0 Å². The fourth-order valence-electron chi connectivity index (χ4n) is 3.33. The second kappa shape index (κ2) is 8.44. The van der Waals surface area contributed by atoms with Crippen LogP contribution in [-0.2, 0) is 4.74 Å². The number of ether oxygens (including phenoxy) is 1. The lowest BCUT2D eigenvalue weighted by Crippen LogP contribution is -2.44. The van der Waals surface area contributed by atoms with Crippen molar-refractivity contribution < 1.29 is 4.74 Å². The van der Waals surface area contributed by atoms with Crippen LogP contribution in [0.3, 0.4) is 0 Å². The summed E-state index contributed by atoms with van der Waals surface area (Å²) in [5.41, 5.74) is 0.472. The molecule has 0 amide bonds. The Labute approximate surface area is 119 Å². The van der Waals surface area contributed by atoms with Gasteiger partial charge in [-0.05, 0) is 36.9 Å². The van der Waals surface area contributed by atoms with Crippen LogP contribution in [-0.4, -0.2) is 43.5 Å². The molecule has 1 rings (SSSR count). The molecule has 1 aliphatic carbocycles. The Balaban J connectivity index is 2.63. The van der Waals surface area contributed by atoms with Crippen molar-refractivity contribution in [2.45, 2.75) is 58.4 Å². The van der Waals surface area contributed by atoms with E-state index < -0.39 is 0 Å². The average molecular weight is 273 g/mol. The summed E-state index contributed by atoms with van der Waals surface area (Å²) in [6.45, 7) is 7.73. The Kier molecular flexibility index (Phi) is 7.66. The lowest BCUT2D eigenvalue weighted by Gasteiger charge is -2.38. The second-order valence-corrected chi connectivity index (χ2v) is 6.12. The molecule has 0 aromatic carbocycles. The van der Waals surface area contributed by atoms with Crippen LogP contribution in [0.4, 0.5) is 0 Å². The summed E-state index contributed by atoms with van der Waals surface area (Å²) < 4.78 is 5.28. The molecule has 0 unspecified atom stereocenters. The van der Waals surface area contributed by atoms with Crippen molar-refractivity contribution in [1.82, 2.24) is 4.90 Å². The first kappa shape index (κ1) is 16.3. The summed E-state index contributed by atoms with van der Waals surface area (Å²) in [6.07, 6.45) is 7.98. The van der Waals surface area contributed by atoms with Gasteiger partial charge in [-0.1, -0.05) is 26.7 Å². The molecule has 108 valence electrons. The molecule has 3 heteroatoms. The molecular formula is C15H31NOS. The summed E-state index contributed by atoms with van der Waals surface area (Å²) in [4.78, 5) is 2.66. The van der Waals surface area contributed by atoms with Crippen molar-refractivity contribution in [2.75, 3.05) is 32.6 Å². The Morgan fingerprint density at radius 1 is 1.22 bits per heavy atom. The molecule has 0 saturated heterocycles. The maximum Gasteiger partial charge on any atom is 0.0589 e. The van der Waals surface area contributed by atoms with E-state index in [0.29, 0.717) is 11.5 Å². The van der Waals surface area contributed by atoms with Gasteiger partial charge in [-0.2, -0.15) is 12.6 Å². The van der Waals surface area contributed by atoms with Gasteiger partial charge in [0.05, 0.1) is 6.61 Å². The summed E-state index contributed by atoms with van der Waals surface area (Å²) in [5, 5.41) is 0. The monoisotopic (exact) mass is 273 g/mol. The fraction of sp³-hybridized carbons (Fsp3) is 1.00. The highest BCUT2D eigenvalue weighted by atomic mass is 32.1. The standard InChI is InChI=1S/C15H31NOS/c1-4-14(5-2)16(10-11-17-3)12-15(13-18)8-6-7-9-15/h14,18H,4-13H2,1-3H3. The third-order valence-electron chi connectivity index (χ3n) is 4.58. The van der Waals surface area contributed by atoms with Crippen molar-refractivity contribution in [2.24, 2.45) is 5.41 Å². The van der Waals surface area contributed by atoms with Gasteiger partial charge < -0.3 is 4.74 Å². The molecule has 0 heterocycles. The van der Waals surface area contributed by atoms with Gasteiger partial charge in [-0.25, -0.2) is 0 Å². The SMILES string of the molecule is CCC(CC)N(CCOC)CC1(CS)CCCC1. The quantitative estimate of drug-likeness (QED) is 0.644. The highest BCUT2D eigenvalue weighted by Crippen LogP contribution is 2.40. The molecule has 0 aromatic heterocycles. The molecular weight excluding hydrogens is 242 g/mol. The summed E-state index contributed by atoms with van der Waals surface area (Å²) in [6, 6.07) is 0.706. The lowest BCUT2D eigenvalue weighted by atomic mass is 9.87. The second-order valence-electron chi connectivity index (χ2n) is 5.80. The van der Waals surface area contributed by atoms with E-state index in [1.54, 1.807) is 7.11 Å². The molecule has 1 saturated carbocycles. The fourth-order valence-corrected chi connectivity index (χ4v) is 3.74. The van der Waals surface area contributed by atoms with Gasteiger partial charge in [0, 0.05) is 26.2 Å². The van der Waals surface area contributed by atoms with E-state index in [2.05, 4.69) is 31.4 Å². The first-order valence-corrected chi connectivity index (χ1v) is 8.18. The molecule has 0 radical (unpaired) electrons. The van der Waals surface area contributed by atoms with E-state index in [1.165, 1.54) is 45.1 Å². The van der Waals surface area contributed by atoms with Crippen molar-refractivity contribution in [3.8, 4) is 0 Å². The van der Waals surface area contributed by atoms with Crippen molar-refractivity contribution in [1.29, 1.82) is 0 Å². The van der Waals surface area contributed by atoms with Crippen LogP contribution in [0.25, 0.3) is 0 Å². The lowest BCUT2D eigenvalue weighted by molar-refractivity contribution is 0.0797. The molecule has 0 aromatic rings. The van der Waals surface area contributed by atoms with Crippen molar-refractivity contribution >= 4 is 12.6 Å². The number of hydrogen-bond acceptors (Lipinski definition) is 3. The van der Waals surface area contributed by atoms with Crippen molar-refractivity contribution in [3.63, 3.8) is 0 Å². The number of methoxy groups -OCH3 is 1. The van der Waals surface area contributed by atoms with Crippen LogP contribution in [0.5, 0.6) is 0 Å². The van der Waals surface area contributed by atoms with Gasteiger partial charge >= 0.3 is 0 Å². The van der Waals surface area contributed by atoms with Crippen LogP contribution in [0.1, 0.15) is 52.4 Å². The molecule has 0 atom stereocenters. The third kappa shape index (κ3) is 4.43. The zero-order chi connectivity index (χ0) is 13.4. The topological polar surface area (TPSA) is 12.5 Å². The Morgan fingerprint density at radius 2 is 1.83 bits per heavy atom. The third-order valence-corrected chi connectivity index (χ3v) is 5.25. The largest absolute Gasteiger partial charge is 0.383 e. The molecule has 0 spiro atoms. The molecule has 0 bridgehead atoms. The molecule has 1 fully saturated rings. The van der Waals surface area contributed by atoms with Crippen LogP contribution in [0.15, 0.2) is 0 Å². The Morgan fingerprint density at radius 3 is 2.28 bits per heavy atom. The van der Waals surface area contributed by atoms with E-state index in [1.807, 2.05) is 0 Å². The molecule has 0 N–H and O–H groups in total. The predicted octanol–water partition coefficient (Wildman–Crippen LogP) is 3.61. The molecule has 18 heavy (non-hydrogen) atoms. The molecule has 2 nitrogen and oxygen atoms in total. The average Bonchev–Trinajstić information content (AvgIpc) is 2.86. The van der Waals surface area contributed by atoms with E-state index in [4.69, 9.17) is 4.74 Å². The van der Waals surface area contributed by atoms with E-state index in [0.717, 1.165) is 18.9 Å². The smallest absolute Gasteiger partial charge is 0.0589 e. The van der Waals surface area contributed by atoms with Crippen LogP contribution < -0.4 is 0 Å². The first-order valence-electron chi connectivity index (χ1n) is 7.55. The summed E-state index contributed by atoms with van der Waals surface area (Å²) in [7, 11) is 1.80. The van der Waals surface area contributed by atoms with E-state index in [-0.39, 0.29) is 0 Å². The number of nitrogens with zero attached hydrogens (tertiary/aromatic N) is 1. The van der Waals surface area contributed by atoms with Crippen LogP contribution in [0, 0.1) is 5.41 Å². The summed E-state index contributed by atoms with van der Waals surface area (Å²) >= 11 is 4.64. The minimum atomic E-state index is 0.472. The zero-order valence-electron chi connectivity index (χ0n) is 12.5.